The van der Waals surface area contributed by atoms with Crippen LogP contribution in [0.1, 0.15) is 36.9 Å². The quantitative estimate of drug-likeness (QED) is 0.779. The van der Waals surface area contributed by atoms with Crippen LogP contribution in [-0.4, -0.2) is 56.1 Å². The molecule has 21 heavy (non-hydrogen) atoms. The first-order valence-corrected chi connectivity index (χ1v) is 8.40. The highest BCUT2D eigenvalue weighted by Crippen LogP contribution is 2.17. The highest BCUT2D eigenvalue weighted by Gasteiger charge is 2.13. The molecule has 0 amide bonds. The molecule has 1 fully saturated rings. The van der Waals surface area contributed by atoms with E-state index in [0.717, 1.165) is 13.0 Å². The van der Waals surface area contributed by atoms with Crippen LogP contribution in [0.15, 0.2) is 24.3 Å². The van der Waals surface area contributed by atoms with Crippen LogP contribution >= 0.6 is 0 Å². The third kappa shape index (κ3) is 5.42. The minimum atomic E-state index is 0.498. The fourth-order valence-electron chi connectivity index (χ4n) is 2.95. The molecule has 1 aliphatic heterocycles. The summed E-state index contributed by atoms with van der Waals surface area (Å²) in [5, 5.41) is 3.72. The van der Waals surface area contributed by atoms with Crippen LogP contribution in [0, 0.1) is 6.92 Å². The molecule has 0 aliphatic carbocycles. The van der Waals surface area contributed by atoms with E-state index in [-0.39, 0.29) is 0 Å². The van der Waals surface area contributed by atoms with E-state index in [4.69, 9.17) is 0 Å². The summed E-state index contributed by atoms with van der Waals surface area (Å²) in [5.74, 6) is 0. The predicted molar refractivity (Wildman–Crippen MR) is 90.8 cm³/mol. The standard InChI is InChI=1S/C18H31N3/c1-4-18(17-8-6-16(2)7-9-17)19-10-5-11-21-14-12-20(3)13-15-21/h6-9,18-19H,4-5,10-15H2,1-3H3. The van der Waals surface area contributed by atoms with Gasteiger partial charge in [0.25, 0.3) is 0 Å². The van der Waals surface area contributed by atoms with Gasteiger partial charge >= 0.3 is 0 Å². The molecule has 0 spiro atoms. The molecule has 1 aromatic carbocycles. The molecule has 1 unspecified atom stereocenters. The molecule has 1 aliphatic rings. The number of piperazine rings is 1. The van der Waals surface area contributed by atoms with Gasteiger partial charge in [0.1, 0.15) is 0 Å². The van der Waals surface area contributed by atoms with Crippen molar-refractivity contribution in [3.63, 3.8) is 0 Å². The summed E-state index contributed by atoms with van der Waals surface area (Å²) in [4.78, 5) is 5.01. The maximum Gasteiger partial charge on any atom is 0.0317 e. The Kier molecular flexibility index (Phi) is 6.68. The molecular formula is C18H31N3. The summed E-state index contributed by atoms with van der Waals surface area (Å²) in [7, 11) is 2.21. The highest BCUT2D eigenvalue weighted by atomic mass is 15.2. The first kappa shape index (κ1) is 16.5. The first-order valence-electron chi connectivity index (χ1n) is 8.40. The second-order valence-corrected chi connectivity index (χ2v) is 6.32. The van der Waals surface area contributed by atoms with Crippen LogP contribution in [0.5, 0.6) is 0 Å². The number of aryl methyl sites for hydroxylation is 1. The average Bonchev–Trinajstić information content (AvgIpc) is 2.50. The van der Waals surface area contributed by atoms with E-state index >= 15 is 0 Å². The fraction of sp³-hybridized carbons (Fsp3) is 0.667. The highest BCUT2D eigenvalue weighted by molar-refractivity contribution is 5.23. The van der Waals surface area contributed by atoms with Crippen molar-refractivity contribution in [2.45, 2.75) is 32.7 Å². The van der Waals surface area contributed by atoms with Crippen molar-refractivity contribution in [1.29, 1.82) is 0 Å². The molecule has 3 nitrogen and oxygen atoms in total. The van der Waals surface area contributed by atoms with Crippen molar-refractivity contribution in [2.24, 2.45) is 0 Å². The van der Waals surface area contributed by atoms with Crippen LogP contribution in [0.4, 0.5) is 0 Å². The summed E-state index contributed by atoms with van der Waals surface area (Å²) in [6, 6.07) is 9.44. The van der Waals surface area contributed by atoms with Crippen molar-refractivity contribution < 1.29 is 0 Å². The molecule has 1 heterocycles. The number of nitrogens with one attached hydrogen (secondary N) is 1. The Labute approximate surface area is 130 Å². The molecule has 1 N–H and O–H groups in total. The molecule has 1 atom stereocenters. The summed E-state index contributed by atoms with van der Waals surface area (Å²) in [6.45, 7) is 11.6. The third-order valence-electron chi connectivity index (χ3n) is 4.53. The Morgan fingerprint density at radius 1 is 1.10 bits per heavy atom. The van der Waals surface area contributed by atoms with Gasteiger partial charge in [-0.3, -0.25) is 0 Å². The minimum absolute atomic E-state index is 0.498. The summed E-state index contributed by atoms with van der Waals surface area (Å²) < 4.78 is 0. The fourth-order valence-corrected chi connectivity index (χ4v) is 2.95. The topological polar surface area (TPSA) is 18.5 Å². The van der Waals surface area contributed by atoms with E-state index in [1.54, 1.807) is 0 Å². The Morgan fingerprint density at radius 3 is 2.38 bits per heavy atom. The summed E-state index contributed by atoms with van der Waals surface area (Å²) in [5.41, 5.74) is 2.76. The molecule has 3 heteroatoms. The molecule has 2 rings (SSSR count). The van der Waals surface area contributed by atoms with Gasteiger partial charge in [0.2, 0.25) is 0 Å². The van der Waals surface area contributed by atoms with Gasteiger partial charge in [-0.15, -0.1) is 0 Å². The lowest BCUT2D eigenvalue weighted by Gasteiger charge is -2.32. The lowest BCUT2D eigenvalue weighted by molar-refractivity contribution is 0.152. The van der Waals surface area contributed by atoms with Gasteiger partial charge in [-0.1, -0.05) is 36.8 Å². The van der Waals surface area contributed by atoms with Gasteiger partial charge in [-0.05, 0) is 45.5 Å². The van der Waals surface area contributed by atoms with E-state index in [2.05, 4.69) is 60.3 Å². The van der Waals surface area contributed by atoms with Crippen molar-refractivity contribution in [1.82, 2.24) is 15.1 Å². The number of likely N-dealkylation sites (N-methyl/N-ethyl adjacent to an activating group) is 1. The number of rotatable bonds is 7. The van der Waals surface area contributed by atoms with Gasteiger partial charge in [-0.2, -0.15) is 0 Å². The van der Waals surface area contributed by atoms with Crippen LogP contribution < -0.4 is 5.32 Å². The molecule has 0 saturated carbocycles. The number of hydrogen-bond acceptors (Lipinski definition) is 3. The smallest absolute Gasteiger partial charge is 0.0317 e. The lowest BCUT2D eigenvalue weighted by Crippen LogP contribution is -2.45. The maximum atomic E-state index is 3.72. The molecule has 0 aromatic heterocycles. The second kappa shape index (κ2) is 8.52. The van der Waals surface area contributed by atoms with Gasteiger partial charge in [0.05, 0.1) is 0 Å². The van der Waals surface area contributed by atoms with Gasteiger partial charge in [-0.25, -0.2) is 0 Å². The second-order valence-electron chi connectivity index (χ2n) is 6.32. The SMILES string of the molecule is CCC(NCCCN1CCN(C)CC1)c1ccc(C)cc1. The number of nitrogens with zero attached hydrogens (tertiary/aromatic N) is 2. The molecule has 1 saturated heterocycles. The first-order chi connectivity index (χ1) is 10.2. The van der Waals surface area contributed by atoms with Crippen LogP contribution in [-0.2, 0) is 0 Å². The Bertz CT molecular complexity index is 393. The molecular weight excluding hydrogens is 258 g/mol. The normalized spacial score (nSPS) is 18.8. The lowest BCUT2D eigenvalue weighted by atomic mass is 10.0. The Morgan fingerprint density at radius 2 is 1.76 bits per heavy atom. The van der Waals surface area contributed by atoms with Gasteiger partial charge < -0.3 is 15.1 Å². The van der Waals surface area contributed by atoms with E-state index in [1.165, 1.54) is 50.3 Å². The monoisotopic (exact) mass is 289 g/mol. The Hall–Kier alpha value is -0.900. The zero-order valence-corrected chi connectivity index (χ0v) is 13.9. The summed E-state index contributed by atoms with van der Waals surface area (Å²) in [6.07, 6.45) is 2.39. The molecule has 1 aromatic rings. The Balaban J connectivity index is 1.67. The van der Waals surface area contributed by atoms with E-state index in [0.29, 0.717) is 6.04 Å². The van der Waals surface area contributed by atoms with Crippen molar-refractivity contribution in [3.8, 4) is 0 Å². The largest absolute Gasteiger partial charge is 0.310 e. The third-order valence-corrected chi connectivity index (χ3v) is 4.53. The zero-order valence-electron chi connectivity index (χ0n) is 13.9. The molecule has 0 bridgehead atoms. The maximum absolute atomic E-state index is 3.72. The van der Waals surface area contributed by atoms with E-state index < -0.39 is 0 Å². The molecule has 0 radical (unpaired) electrons. The van der Waals surface area contributed by atoms with Crippen molar-refractivity contribution in [2.75, 3.05) is 46.3 Å². The zero-order chi connectivity index (χ0) is 15.1. The van der Waals surface area contributed by atoms with Crippen LogP contribution in [0.25, 0.3) is 0 Å². The summed E-state index contributed by atoms with van der Waals surface area (Å²) >= 11 is 0. The van der Waals surface area contributed by atoms with Crippen molar-refractivity contribution in [3.05, 3.63) is 35.4 Å². The average molecular weight is 289 g/mol. The van der Waals surface area contributed by atoms with Crippen molar-refractivity contribution >= 4 is 0 Å². The van der Waals surface area contributed by atoms with Gasteiger partial charge in [0.15, 0.2) is 0 Å². The predicted octanol–water partition coefficient (Wildman–Crippen LogP) is 2.67. The van der Waals surface area contributed by atoms with Gasteiger partial charge in [0, 0.05) is 32.2 Å². The van der Waals surface area contributed by atoms with E-state index in [9.17, 15) is 0 Å². The molecule has 118 valence electrons. The van der Waals surface area contributed by atoms with E-state index in [1.807, 2.05) is 0 Å². The van der Waals surface area contributed by atoms with Crippen LogP contribution in [0.3, 0.4) is 0 Å². The minimum Gasteiger partial charge on any atom is -0.310 e. The van der Waals surface area contributed by atoms with Crippen LogP contribution in [0.2, 0.25) is 0 Å². The number of benzene rings is 1. The number of hydrogen-bond donors (Lipinski definition) is 1.